The molecule has 3 rings (SSSR count). The van der Waals surface area contributed by atoms with Gasteiger partial charge < -0.3 is 35.4 Å². The Morgan fingerprint density at radius 3 is 2.12 bits per heavy atom. The van der Waals surface area contributed by atoms with Gasteiger partial charge in [0.2, 0.25) is 0 Å². The number of piperidine rings is 1. The number of benzene rings is 1. The zero-order chi connectivity index (χ0) is 25.1. The highest BCUT2D eigenvalue weighted by molar-refractivity contribution is 6.44. The third-order valence-corrected chi connectivity index (χ3v) is 5.31. The Kier molecular flexibility index (Phi) is 11.6. The van der Waals surface area contributed by atoms with E-state index in [4.69, 9.17) is 62.8 Å². The van der Waals surface area contributed by atoms with Crippen LogP contribution in [0.3, 0.4) is 0 Å². The molecule has 14 heteroatoms. The van der Waals surface area contributed by atoms with Crippen LogP contribution in [0.4, 0.5) is 0 Å². The van der Waals surface area contributed by atoms with Crippen LogP contribution < -0.4 is 5.32 Å². The molecule has 2 aromatic rings. The number of fused-ring (bicyclic) bond motifs is 1. The molecule has 12 nitrogen and oxygen atoms in total. The summed E-state index contributed by atoms with van der Waals surface area (Å²) < 4.78 is 2.09. The van der Waals surface area contributed by atoms with Crippen molar-refractivity contribution < 1.29 is 44.7 Å². The molecule has 0 amide bonds. The largest absolute Gasteiger partial charge is 0.473 e. The molecule has 1 aliphatic rings. The second kappa shape index (κ2) is 13.6. The van der Waals surface area contributed by atoms with Gasteiger partial charge >= 0.3 is 23.9 Å². The summed E-state index contributed by atoms with van der Waals surface area (Å²) >= 11 is 12.2. The van der Waals surface area contributed by atoms with Crippen LogP contribution in [0.2, 0.25) is 10.0 Å². The Labute approximate surface area is 197 Å². The van der Waals surface area contributed by atoms with Gasteiger partial charge in [-0.25, -0.2) is 24.2 Å². The van der Waals surface area contributed by atoms with Crippen molar-refractivity contribution in [1.29, 1.82) is 0 Å². The average Bonchev–Trinajstić information content (AvgIpc) is 3.16. The van der Waals surface area contributed by atoms with Crippen molar-refractivity contribution in [3.63, 3.8) is 0 Å². The fourth-order valence-electron chi connectivity index (χ4n) is 2.96. The van der Waals surface area contributed by atoms with Crippen molar-refractivity contribution in [3.05, 3.63) is 28.5 Å². The second-order valence-electron chi connectivity index (χ2n) is 6.80. The van der Waals surface area contributed by atoms with Crippen molar-refractivity contribution in [1.82, 2.24) is 14.9 Å². The fraction of sp³-hybridized carbons (Fsp3) is 0.421. The van der Waals surface area contributed by atoms with E-state index in [-0.39, 0.29) is 12.1 Å². The molecule has 1 aromatic heterocycles. The smallest absolute Gasteiger partial charge is 0.414 e. The molecule has 1 saturated heterocycles. The van der Waals surface area contributed by atoms with Crippen LogP contribution in [-0.4, -0.2) is 77.7 Å². The lowest BCUT2D eigenvalue weighted by atomic mass is 9.97. The van der Waals surface area contributed by atoms with Crippen molar-refractivity contribution in [3.8, 4) is 0 Å². The van der Waals surface area contributed by atoms with Gasteiger partial charge in [-0.3, -0.25) is 0 Å². The number of aliphatic hydroxyl groups is 1. The zero-order valence-electron chi connectivity index (χ0n) is 17.1. The van der Waals surface area contributed by atoms with Crippen LogP contribution in [0, 0.1) is 0 Å². The number of aromatic nitrogens is 2. The quantitative estimate of drug-likeness (QED) is 0.328. The number of aryl methyl sites for hydroxylation is 1. The van der Waals surface area contributed by atoms with Gasteiger partial charge in [-0.2, -0.15) is 0 Å². The Hall–Kier alpha value is -2.93. The monoisotopic (exact) mass is 507 g/mol. The number of aliphatic carboxylic acids is 4. The second-order valence-corrected chi connectivity index (χ2v) is 7.59. The number of carboxylic acids is 4. The molecule has 2 atom stereocenters. The normalized spacial score (nSPS) is 17.2. The Morgan fingerprint density at radius 1 is 1.03 bits per heavy atom. The van der Waals surface area contributed by atoms with E-state index < -0.39 is 23.9 Å². The van der Waals surface area contributed by atoms with E-state index in [1.165, 1.54) is 0 Å². The Balaban J connectivity index is 0.000000377. The summed E-state index contributed by atoms with van der Waals surface area (Å²) in [6.07, 6.45) is 5.50. The van der Waals surface area contributed by atoms with Crippen molar-refractivity contribution >= 4 is 58.1 Å². The van der Waals surface area contributed by atoms with Crippen LogP contribution in [0.25, 0.3) is 11.0 Å². The Morgan fingerprint density at radius 2 is 1.61 bits per heavy atom. The number of rotatable bonds is 4. The maximum absolute atomic E-state index is 9.95. The number of halogens is 2. The van der Waals surface area contributed by atoms with Gasteiger partial charge in [-0.05, 0) is 44.4 Å². The van der Waals surface area contributed by atoms with Crippen LogP contribution in [0.1, 0.15) is 25.7 Å². The van der Waals surface area contributed by atoms with Gasteiger partial charge in [0.15, 0.2) is 0 Å². The minimum Gasteiger partial charge on any atom is -0.473 e. The summed E-state index contributed by atoms with van der Waals surface area (Å²) in [5.74, 6) is -7.30. The van der Waals surface area contributed by atoms with Gasteiger partial charge in [0.25, 0.3) is 0 Å². The fourth-order valence-corrected chi connectivity index (χ4v) is 3.33. The van der Waals surface area contributed by atoms with Crippen molar-refractivity contribution in [2.24, 2.45) is 0 Å². The molecule has 0 radical (unpaired) electrons. The number of nitrogens with zero attached hydrogens (tertiary/aromatic N) is 2. The maximum Gasteiger partial charge on any atom is 0.414 e. The minimum atomic E-state index is -1.82. The lowest BCUT2D eigenvalue weighted by molar-refractivity contribution is -0.159. The molecule has 1 aliphatic heterocycles. The minimum absolute atomic E-state index is 0.214. The zero-order valence-corrected chi connectivity index (χ0v) is 18.7. The number of carbonyl (C=O) groups is 4. The van der Waals surface area contributed by atoms with E-state index in [2.05, 4.69) is 14.9 Å². The summed E-state index contributed by atoms with van der Waals surface area (Å²) in [4.78, 5) is 40.7. The van der Waals surface area contributed by atoms with Gasteiger partial charge in [-0.15, -0.1) is 0 Å². The number of aliphatic hydroxyl groups excluding tert-OH is 1. The first-order valence-corrected chi connectivity index (χ1v) is 10.3. The highest BCUT2D eigenvalue weighted by Crippen LogP contribution is 2.29. The molecule has 182 valence electrons. The van der Waals surface area contributed by atoms with E-state index in [1.807, 2.05) is 6.07 Å². The van der Waals surface area contributed by atoms with Gasteiger partial charge in [-0.1, -0.05) is 23.2 Å². The van der Waals surface area contributed by atoms with E-state index >= 15 is 0 Å². The Bertz CT molecular complexity index is 948. The lowest BCUT2D eigenvalue weighted by Gasteiger charge is -2.29. The molecule has 0 unspecified atom stereocenters. The topological polar surface area (TPSA) is 199 Å². The number of hydrogen-bond acceptors (Lipinski definition) is 7. The van der Waals surface area contributed by atoms with Crippen LogP contribution in [-0.2, 0) is 25.7 Å². The van der Waals surface area contributed by atoms with Crippen LogP contribution in [0.15, 0.2) is 18.5 Å². The molecule has 0 bridgehead atoms. The molecule has 0 saturated carbocycles. The van der Waals surface area contributed by atoms with Crippen molar-refractivity contribution in [2.45, 2.75) is 44.4 Å². The molecular formula is C19H23Cl2N3O9. The van der Waals surface area contributed by atoms with Crippen LogP contribution >= 0.6 is 23.2 Å². The van der Waals surface area contributed by atoms with Gasteiger partial charge in [0.05, 0.1) is 28.0 Å². The third-order valence-electron chi connectivity index (χ3n) is 4.51. The third kappa shape index (κ3) is 9.22. The SMILES string of the molecule is O=C(O)C(=O)O.O=C(O)C(=O)O.O[C@H]1CCCN[C@@H]1CCCn1cnc2c(Cl)c(Cl)ccc21. The first kappa shape index (κ1) is 28.1. The molecule has 1 fully saturated rings. The number of hydrogen-bond donors (Lipinski definition) is 6. The van der Waals surface area contributed by atoms with E-state index in [9.17, 15) is 5.11 Å². The number of nitrogens with one attached hydrogen (secondary N) is 1. The van der Waals surface area contributed by atoms with Crippen molar-refractivity contribution in [2.75, 3.05) is 6.54 Å². The average molecular weight is 508 g/mol. The molecule has 1 aromatic carbocycles. The first-order valence-electron chi connectivity index (χ1n) is 9.58. The molecule has 33 heavy (non-hydrogen) atoms. The summed E-state index contributed by atoms with van der Waals surface area (Å²) in [7, 11) is 0. The molecule has 2 heterocycles. The van der Waals surface area contributed by atoms with Gasteiger partial charge in [0.1, 0.15) is 5.52 Å². The predicted molar refractivity (Wildman–Crippen MR) is 117 cm³/mol. The number of carboxylic acid groups (broad SMARTS) is 4. The highest BCUT2D eigenvalue weighted by Gasteiger charge is 2.21. The molecular weight excluding hydrogens is 485 g/mol. The first-order chi connectivity index (χ1) is 15.5. The summed E-state index contributed by atoms with van der Waals surface area (Å²) in [5.41, 5.74) is 1.75. The summed E-state index contributed by atoms with van der Waals surface area (Å²) in [5, 5.41) is 43.9. The number of imidazole rings is 1. The predicted octanol–water partition coefficient (Wildman–Crippen LogP) is 1.55. The van der Waals surface area contributed by atoms with E-state index in [1.54, 1.807) is 12.4 Å². The molecule has 0 aliphatic carbocycles. The van der Waals surface area contributed by atoms with Gasteiger partial charge in [0, 0.05) is 12.6 Å². The van der Waals surface area contributed by atoms with E-state index in [0.29, 0.717) is 10.0 Å². The molecule has 6 N–H and O–H groups in total. The van der Waals surface area contributed by atoms with E-state index in [0.717, 1.165) is 49.8 Å². The van der Waals surface area contributed by atoms with Crippen LogP contribution in [0.5, 0.6) is 0 Å². The highest BCUT2D eigenvalue weighted by atomic mass is 35.5. The summed E-state index contributed by atoms with van der Waals surface area (Å²) in [6.45, 7) is 1.86. The standard InChI is InChI=1S/C15H19Cl2N3O.2C2H2O4/c16-10-5-6-12-15(14(10)17)19-9-20(12)8-2-3-11-13(21)4-1-7-18-11;2*3-1(4)2(5)6/h5-6,9,11,13,18,21H,1-4,7-8H2;2*(H,3,4)(H,5,6)/t11-,13+;;/m1../s1. The maximum atomic E-state index is 9.95. The lowest BCUT2D eigenvalue weighted by Crippen LogP contribution is -2.44. The summed E-state index contributed by atoms with van der Waals surface area (Å²) in [6, 6.07) is 3.97. The molecule has 0 spiro atoms.